The van der Waals surface area contributed by atoms with Crippen LogP contribution in [-0.2, 0) is 4.74 Å². The van der Waals surface area contributed by atoms with Crippen LogP contribution >= 0.6 is 11.6 Å². The Morgan fingerprint density at radius 3 is 2.75 bits per heavy atom. The van der Waals surface area contributed by atoms with Gasteiger partial charge in [0.15, 0.2) is 5.78 Å². The lowest BCUT2D eigenvalue weighted by atomic mass is 10.0. The highest BCUT2D eigenvalue weighted by Crippen LogP contribution is 2.20. The molecule has 0 radical (unpaired) electrons. The van der Waals surface area contributed by atoms with Crippen molar-refractivity contribution in [1.82, 2.24) is 0 Å². The molecular weight excluding hydrogens is 231 g/mol. The van der Waals surface area contributed by atoms with E-state index in [4.69, 9.17) is 16.3 Å². The van der Waals surface area contributed by atoms with Crippen molar-refractivity contribution < 1.29 is 13.9 Å². The van der Waals surface area contributed by atoms with E-state index >= 15 is 0 Å². The highest BCUT2D eigenvalue weighted by molar-refractivity contribution is 6.34. The Balaban J connectivity index is 2.98. The largest absolute Gasteiger partial charge is 0.370 e. The van der Waals surface area contributed by atoms with E-state index in [0.29, 0.717) is 13.0 Å². The van der Waals surface area contributed by atoms with Gasteiger partial charge in [-0.2, -0.15) is 0 Å². The van der Waals surface area contributed by atoms with Crippen LogP contribution in [0.4, 0.5) is 4.39 Å². The highest BCUT2D eigenvalue weighted by atomic mass is 35.5. The van der Waals surface area contributed by atoms with Gasteiger partial charge < -0.3 is 4.74 Å². The summed E-state index contributed by atoms with van der Waals surface area (Å²) in [7, 11) is 0. The van der Waals surface area contributed by atoms with Gasteiger partial charge >= 0.3 is 0 Å². The summed E-state index contributed by atoms with van der Waals surface area (Å²) in [5.74, 6) is -0.743. The van der Waals surface area contributed by atoms with Gasteiger partial charge in [-0.15, -0.1) is 0 Å². The summed E-state index contributed by atoms with van der Waals surface area (Å²) in [5, 5.41) is 0.254. The van der Waals surface area contributed by atoms with E-state index in [9.17, 15) is 9.18 Å². The smallest absolute Gasteiger partial charge is 0.193 e. The molecule has 0 saturated heterocycles. The van der Waals surface area contributed by atoms with Gasteiger partial charge in [-0.05, 0) is 31.5 Å². The summed E-state index contributed by atoms with van der Waals surface area (Å²) in [4.78, 5) is 12.0. The zero-order valence-corrected chi connectivity index (χ0v) is 10.1. The first kappa shape index (κ1) is 13.1. The Bertz CT molecular complexity index is 379. The number of rotatable bonds is 5. The number of carbonyl (C=O) groups excluding carboxylic acids is 1. The molecule has 0 N–H and O–H groups in total. The third-order valence-corrected chi connectivity index (χ3v) is 2.55. The predicted octanol–water partition coefficient (Wildman–Crippen LogP) is 3.48. The number of benzene rings is 1. The summed E-state index contributed by atoms with van der Waals surface area (Å²) >= 11 is 5.85. The number of hydrogen-bond acceptors (Lipinski definition) is 2. The lowest BCUT2D eigenvalue weighted by Gasteiger charge is -2.14. The Morgan fingerprint density at radius 2 is 2.19 bits per heavy atom. The van der Waals surface area contributed by atoms with Crippen molar-refractivity contribution in [3.05, 3.63) is 34.6 Å². The van der Waals surface area contributed by atoms with Crippen LogP contribution in [0.15, 0.2) is 18.2 Å². The van der Waals surface area contributed by atoms with Crippen LogP contribution in [0.2, 0.25) is 5.02 Å². The molecule has 88 valence electrons. The molecule has 16 heavy (non-hydrogen) atoms. The van der Waals surface area contributed by atoms with E-state index in [2.05, 4.69) is 0 Å². The maximum Gasteiger partial charge on any atom is 0.193 e. The van der Waals surface area contributed by atoms with Gasteiger partial charge in [0.1, 0.15) is 11.9 Å². The molecular formula is C12H14ClFO2. The summed E-state index contributed by atoms with van der Waals surface area (Å²) in [6.45, 7) is 4.09. The summed E-state index contributed by atoms with van der Waals surface area (Å²) in [5.41, 5.74) is 0.182. The topological polar surface area (TPSA) is 26.3 Å². The van der Waals surface area contributed by atoms with E-state index in [1.54, 1.807) is 0 Å². The Labute approximate surface area is 99.4 Å². The zero-order valence-electron chi connectivity index (χ0n) is 9.30. The minimum Gasteiger partial charge on any atom is -0.370 e. The molecule has 1 rings (SSSR count). The predicted molar refractivity (Wildman–Crippen MR) is 61.4 cm³/mol. The third-order valence-electron chi connectivity index (χ3n) is 2.22. The lowest BCUT2D eigenvalue weighted by molar-refractivity contribution is 0.0443. The number of halogens is 2. The number of hydrogen-bond donors (Lipinski definition) is 0. The molecule has 0 aliphatic rings. The Morgan fingerprint density at radius 1 is 1.50 bits per heavy atom. The molecule has 1 aromatic carbocycles. The van der Waals surface area contributed by atoms with E-state index < -0.39 is 11.9 Å². The van der Waals surface area contributed by atoms with Crippen molar-refractivity contribution in [2.45, 2.75) is 26.4 Å². The van der Waals surface area contributed by atoms with Crippen LogP contribution in [-0.4, -0.2) is 18.5 Å². The highest BCUT2D eigenvalue weighted by Gasteiger charge is 2.21. The van der Waals surface area contributed by atoms with Gasteiger partial charge in [0.2, 0.25) is 0 Å². The average Bonchev–Trinajstić information content (AvgIpc) is 2.28. The molecule has 0 aliphatic carbocycles. The van der Waals surface area contributed by atoms with Gasteiger partial charge in [0, 0.05) is 12.2 Å². The molecule has 4 heteroatoms. The number of carbonyl (C=O) groups is 1. The second-order valence-corrected chi connectivity index (χ2v) is 3.75. The molecule has 0 aromatic heterocycles. The molecule has 2 nitrogen and oxygen atoms in total. The molecule has 0 spiro atoms. The molecule has 1 aromatic rings. The SMILES string of the molecule is CCOC(CC)C(=O)c1cc(F)ccc1Cl. The number of ether oxygens (including phenoxy) is 1. The van der Waals surface area contributed by atoms with Crippen LogP contribution in [0.5, 0.6) is 0 Å². The molecule has 0 fully saturated rings. The average molecular weight is 245 g/mol. The van der Waals surface area contributed by atoms with Crippen molar-refractivity contribution in [3.8, 4) is 0 Å². The summed E-state index contributed by atoms with van der Waals surface area (Å²) in [6, 6.07) is 3.75. The standard InChI is InChI=1S/C12H14ClFO2/c1-3-11(16-4-2)12(15)9-7-8(14)5-6-10(9)13/h5-7,11H,3-4H2,1-2H3. The van der Waals surface area contributed by atoms with Crippen molar-refractivity contribution in [3.63, 3.8) is 0 Å². The van der Waals surface area contributed by atoms with E-state index in [-0.39, 0.29) is 16.4 Å². The third kappa shape index (κ3) is 3.03. The Kier molecular flexibility index (Phi) is 4.90. The fourth-order valence-electron chi connectivity index (χ4n) is 1.44. The fraction of sp³-hybridized carbons (Fsp3) is 0.417. The quantitative estimate of drug-likeness (QED) is 0.742. The number of Topliss-reactive ketones (excluding diaryl/α,β-unsaturated/α-hetero) is 1. The lowest BCUT2D eigenvalue weighted by Crippen LogP contribution is -2.24. The van der Waals surface area contributed by atoms with Crippen molar-refractivity contribution >= 4 is 17.4 Å². The fourth-order valence-corrected chi connectivity index (χ4v) is 1.65. The molecule has 1 unspecified atom stereocenters. The normalized spacial score (nSPS) is 12.5. The van der Waals surface area contributed by atoms with Gasteiger partial charge in [-0.3, -0.25) is 4.79 Å². The summed E-state index contributed by atoms with van der Waals surface area (Å²) < 4.78 is 18.3. The van der Waals surface area contributed by atoms with Gasteiger partial charge in [0.05, 0.1) is 5.02 Å². The maximum atomic E-state index is 13.0. The monoisotopic (exact) mass is 244 g/mol. The maximum absolute atomic E-state index is 13.0. The van der Waals surface area contributed by atoms with Crippen molar-refractivity contribution in [2.24, 2.45) is 0 Å². The molecule has 0 aliphatic heterocycles. The van der Waals surface area contributed by atoms with E-state index in [0.717, 1.165) is 6.07 Å². The van der Waals surface area contributed by atoms with Crippen molar-refractivity contribution in [2.75, 3.05) is 6.61 Å². The van der Waals surface area contributed by atoms with E-state index in [1.165, 1.54) is 12.1 Å². The van der Waals surface area contributed by atoms with Crippen LogP contribution in [0.3, 0.4) is 0 Å². The minimum atomic E-state index is -0.552. The van der Waals surface area contributed by atoms with Gasteiger partial charge in [-0.1, -0.05) is 18.5 Å². The molecule has 0 amide bonds. The summed E-state index contributed by atoms with van der Waals surface area (Å²) in [6.07, 6.45) is -0.0104. The first-order valence-corrected chi connectivity index (χ1v) is 5.58. The van der Waals surface area contributed by atoms with E-state index in [1.807, 2.05) is 13.8 Å². The molecule has 0 bridgehead atoms. The molecule has 0 saturated carbocycles. The zero-order chi connectivity index (χ0) is 12.1. The Hall–Kier alpha value is -0.930. The van der Waals surface area contributed by atoms with Crippen LogP contribution < -0.4 is 0 Å². The first-order valence-electron chi connectivity index (χ1n) is 5.21. The van der Waals surface area contributed by atoms with Crippen molar-refractivity contribution in [1.29, 1.82) is 0 Å². The second kappa shape index (κ2) is 5.97. The van der Waals surface area contributed by atoms with Crippen LogP contribution in [0.25, 0.3) is 0 Å². The van der Waals surface area contributed by atoms with Gasteiger partial charge in [-0.25, -0.2) is 4.39 Å². The molecule has 1 atom stereocenters. The van der Waals surface area contributed by atoms with Gasteiger partial charge in [0.25, 0.3) is 0 Å². The second-order valence-electron chi connectivity index (χ2n) is 3.34. The first-order chi connectivity index (χ1) is 7.60. The molecule has 0 heterocycles. The minimum absolute atomic E-state index is 0.182. The van der Waals surface area contributed by atoms with Crippen LogP contribution in [0, 0.1) is 5.82 Å². The number of ketones is 1. The van der Waals surface area contributed by atoms with Crippen LogP contribution in [0.1, 0.15) is 30.6 Å².